The van der Waals surface area contributed by atoms with E-state index in [2.05, 4.69) is 15.9 Å². The Morgan fingerprint density at radius 3 is 1.52 bits per heavy atom. The van der Waals surface area contributed by atoms with Crippen LogP contribution in [-0.4, -0.2) is 16.4 Å². The van der Waals surface area contributed by atoms with Crippen LogP contribution in [0.25, 0.3) is 0 Å². The fourth-order valence-corrected chi connectivity index (χ4v) is 2.11. The van der Waals surface area contributed by atoms with E-state index in [0.29, 0.717) is 0 Å². The second kappa shape index (κ2) is 9.46. The number of ketones is 2. The topological polar surface area (TPSA) is 34.1 Å². The molecule has 0 N–H and O–H groups in total. The summed E-state index contributed by atoms with van der Waals surface area (Å²) in [6, 6.07) is 5.58. The highest BCUT2D eigenvalue weighted by Gasteiger charge is 2.13. The average molecular weight is 419 g/mol. The molecule has 2 aromatic carbocycles. The Morgan fingerprint density at radius 2 is 1.20 bits per heavy atom. The molecule has 0 spiro atoms. The first kappa shape index (κ1) is 21.0. The van der Waals surface area contributed by atoms with Gasteiger partial charge in [-0.05, 0) is 31.2 Å². The van der Waals surface area contributed by atoms with Gasteiger partial charge in [-0.2, -0.15) is 0 Å². The molecule has 0 heterocycles. The third kappa shape index (κ3) is 6.78. The predicted octanol–water partition coefficient (Wildman–Crippen LogP) is 5.49. The van der Waals surface area contributed by atoms with Crippen molar-refractivity contribution in [1.82, 2.24) is 0 Å². The maximum atomic E-state index is 12.6. The van der Waals surface area contributed by atoms with Crippen molar-refractivity contribution < 1.29 is 27.2 Å². The Bertz CT molecular complexity index is 735. The number of rotatable bonds is 4. The lowest BCUT2D eigenvalue weighted by Crippen LogP contribution is -2.10. The highest BCUT2D eigenvalue weighted by atomic mass is 79.9. The van der Waals surface area contributed by atoms with Crippen LogP contribution in [0.3, 0.4) is 0 Å². The van der Waals surface area contributed by atoms with E-state index in [-0.39, 0.29) is 29.1 Å². The van der Waals surface area contributed by atoms with Crippen LogP contribution in [-0.2, 0) is 0 Å². The summed E-state index contributed by atoms with van der Waals surface area (Å²) >= 11 is 3.03. The van der Waals surface area contributed by atoms with Gasteiger partial charge in [-0.3, -0.25) is 9.59 Å². The lowest BCUT2D eigenvalue weighted by molar-refractivity contribution is 0.0982. The lowest BCUT2D eigenvalue weighted by atomic mass is 10.1. The third-order valence-electron chi connectivity index (χ3n) is 3.01. The first-order valence-corrected chi connectivity index (χ1v) is 8.19. The van der Waals surface area contributed by atoms with Gasteiger partial charge in [0.2, 0.25) is 0 Å². The Morgan fingerprint density at radius 1 is 0.840 bits per heavy atom. The molecule has 0 aliphatic carbocycles. The number of hydrogen-bond donors (Lipinski definition) is 0. The summed E-state index contributed by atoms with van der Waals surface area (Å²) in [6.45, 7) is 3.25. The quantitative estimate of drug-likeness (QED) is 0.373. The van der Waals surface area contributed by atoms with Gasteiger partial charge in [0.25, 0.3) is 0 Å². The molecule has 7 heteroatoms. The summed E-state index contributed by atoms with van der Waals surface area (Å²) in [5.41, 5.74) is 0.136. The number of Topliss-reactive ketones (excluding diaryl/α,β-unsaturated/α-hetero) is 2. The molecule has 1 atom stereocenters. The minimum Gasteiger partial charge on any atom is -0.294 e. The summed E-state index contributed by atoms with van der Waals surface area (Å²) in [5, 5.41) is 0. The highest BCUT2D eigenvalue weighted by Crippen LogP contribution is 2.13. The molecule has 0 bridgehead atoms. The van der Waals surface area contributed by atoms with Crippen LogP contribution in [0.1, 0.15) is 41.0 Å². The largest absolute Gasteiger partial charge is 0.294 e. The van der Waals surface area contributed by atoms with Crippen LogP contribution in [0.4, 0.5) is 17.6 Å². The van der Waals surface area contributed by atoms with Gasteiger partial charge in [-0.25, -0.2) is 17.6 Å². The molecule has 1 unspecified atom stereocenters. The summed E-state index contributed by atoms with van der Waals surface area (Å²) in [5.74, 6) is -3.50. The minimum atomic E-state index is -0.739. The van der Waals surface area contributed by atoms with Crippen molar-refractivity contribution in [2.75, 3.05) is 0 Å². The fourth-order valence-electron chi connectivity index (χ4n) is 1.84. The first-order valence-electron chi connectivity index (χ1n) is 7.27. The van der Waals surface area contributed by atoms with E-state index in [4.69, 9.17) is 0 Å². The molecule has 2 nitrogen and oxygen atoms in total. The number of hydrogen-bond acceptors (Lipinski definition) is 2. The van der Waals surface area contributed by atoms with Gasteiger partial charge < -0.3 is 0 Å². The van der Waals surface area contributed by atoms with E-state index in [1.54, 1.807) is 13.8 Å². The van der Waals surface area contributed by atoms with E-state index in [9.17, 15) is 27.2 Å². The van der Waals surface area contributed by atoms with Gasteiger partial charge in [-0.15, -0.1) is 0 Å². The maximum Gasteiger partial charge on any atom is 0.176 e. The smallest absolute Gasteiger partial charge is 0.176 e. The Hall–Kier alpha value is -2.02. The lowest BCUT2D eigenvalue weighted by Gasteiger charge is -2.02. The van der Waals surface area contributed by atoms with Crippen LogP contribution in [0.5, 0.6) is 0 Å². The van der Waals surface area contributed by atoms with Gasteiger partial charge in [0.05, 0.1) is 4.83 Å². The van der Waals surface area contributed by atoms with E-state index in [0.717, 1.165) is 36.4 Å². The van der Waals surface area contributed by atoms with E-state index in [1.165, 1.54) is 0 Å². The SMILES string of the molecule is CC(Br)C(=O)c1cc(F)cc(F)c1.CCC(=O)c1cc(F)cc(F)c1. The monoisotopic (exact) mass is 418 g/mol. The number of benzene rings is 2. The number of carbonyl (C=O) groups is 2. The van der Waals surface area contributed by atoms with E-state index >= 15 is 0 Å². The Balaban J connectivity index is 0.000000251. The van der Waals surface area contributed by atoms with Crippen molar-refractivity contribution >= 4 is 27.5 Å². The van der Waals surface area contributed by atoms with Crippen LogP contribution < -0.4 is 0 Å². The minimum absolute atomic E-state index is 0.0434. The molecule has 0 aliphatic heterocycles. The number of carbonyl (C=O) groups excluding carboxylic acids is 2. The molecule has 134 valence electrons. The molecule has 0 radical (unpaired) electrons. The van der Waals surface area contributed by atoms with Crippen molar-refractivity contribution in [3.05, 3.63) is 70.8 Å². The Kier molecular flexibility index (Phi) is 7.96. The summed E-state index contributed by atoms with van der Waals surface area (Å²) in [7, 11) is 0. The van der Waals surface area contributed by atoms with Gasteiger partial charge >= 0.3 is 0 Å². The van der Waals surface area contributed by atoms with Crippen molar-refractivity contribution in [3.8, 4) is 0 Å². The summed E-state index contributed by atoms with van der Waals surface area (Å²) in [6.07, 6.45) is 0.253. The van der Waals surface area contributed by atoms with Gasteiger partial charge in [0.15, 0.2) is 11.6 Å². The highest BCUT2D eigenvalue weighted by molar-refractivity contribution is 9.10. The molecule has 0 aliphatic rings. The van der Waals surface area contributed by atoms with Crippen molar-refractivity contribution in [2.24, 2.45) is 0 Å². The van der Waals surface area contributed by atoms with Crippen molar-refractivity contribution in [3.63, 3.8) is 0 Å². The number of alkyl halides is 1. The maximum absolute atomic E-state index is 12.6. The van der Waals surface area contributed by atoms with Gasteiger partial charge in [-0.1, -0.05) is 22.9 Å². The molecule has 0 fully saturated rings. The van der Waals surface area contributed by atoms with Crippen LogP contribution in [0.15, 0.2) is 36.4 Å². The van der Waals surface area contributed by atoms with Gasteiger partial charge in [0.1, 0.15) is 23.3 Å². The van der Waals surface area contributed by atoms with Gasteiger partial charge in [0, 0.05) is 29.7 Å². The molecule has 2 aromatic rings. The molecule has 0 amide bonds. The van der Waals surface area contributed by atoms with Crippen LogP contribution in [0, 0.1) is 23.3 Å². The first-order chi connectivity index (χ1) is 11.6. The number of halogens is 5. The van der Waals surface area contributed by atoms with Crippen molar-refractivity contribution in [2.45, 2.75) is 25.1 Å². The van der Waals surface area contributed by atoms with Crippen molar-refractivity contribution in [1.29, 1.82) is 0 Å². The second-order valence-electron chi connectivity index (χ2n) is 5.07. The normalized spacial score (nSPS) is 11.3. The molecule has 0 saturated heterocycles. The zero-order chi connectivity index (χ0) is 19.1. The summed E-state index contributed by atoms with van der Waals surface area (Å²) < 4.78 is 50.4. The van der Waals surface area contributed by atoms with E-state index in [1.807, 2.05) is 0 Å². The second-order valence-corrected chi connectivity index (χ2v) is 6.45. The zero-order valence-electron chi connectivity index (χ0n) is 13.5. The van der Waals surface area contributed by atoms with Crippen LogP contribution in [0.2, 0.25) is 0 Å². The molecule has 0 aromatic heterocycles. The average Bonchev–Trinajstić information content (AvgIpc) is 2.52. The molecular weight excluding hydrogens is 404 g/mol. The van der Waals surface area contributed by atoms with E-state index < -0.39 is 28.1 Å². The third-order valence-corrected chi connectivity index (χ3v) is 3.43. The Labute approximate surface area is 151 Å². The zero-order valence-corrected chi connectivity index (χ0v) is 15.0. The standard InChI is InChI=1S/C9H7BrF2O.C9H8F2O/c1-5(10)9(13)6-2-7(11)4-8(12)3-6;1-2-9(12)6-3-7(10)5-8(11)4-6/h2-5H,1H3;3-5H,2H2,1H3. The fraction of sp³-hybridized carbons (Fsp3) is 0.222. The predicted molar refractivity (Wildman–Crippen MR) is 90.1 cm³/mol. The molecular formula is C18H15BrF4O2. The molecule has 0 saturated carbocycles. The molecule has 25 heavy (non-hydrogen) atoms. The molecule has 2 rings (SSSR count). The summed E-state index contributed by atoms with van der Waals surface area (Å²) in [4.78, 5) is 21.8. The van der Waals surface area contributed by atoms with Crippen LogP contribution >= 0.6 is 15.9 Å².